The number of benzene rings is 2. The van der Waals surface area contributed by atoms with Gasteiger partial charge in [0.1, 0.15) is 12.6 Å². The first-order valence-electron chi connectivity index (χ1n) is 9.66. The maximum atomic E-state index is 12.3. The Kier molecular flexibility index (Phi) is 5.38. The van der Waals surface area contributed by atoms with Crippen molar-refractivity contribution >= 4 is 18.0 Å². The second-order valence-electron chi connectivity index (χ2n) is 7.19. The van der Waals surface area contributed by atoms with E-state index in [1.54, 1.807) is 6.20 Å². The number of carbonyl (C=O) groups excluding carboxylic acids is 1. The van der Waals surface area contributed by atoms with Gasteiger partial charge in [-0.05, 0) is 35.1 Å². The molecule has 0 radical (unpaired) electrons. The molecular weight excluding hydrogens is 384 g/mol. The first-order chi connectivity index (χ1) is 14.5. The minimum absolute atomic E-state index is 0.0839. The molecule has 0 unspecified atom stereocenters. The van der Waals surface area contributed by atoms with Crippen LogP contribution in [-0.4, -0.2) is 39.8 Å². The molecule has 154 valence electrons. The molecule has 1 aliphatic carbocycles. The number of carboxylic acids is 1. The molecule has 0 saturated heterocycles. The average Bonchev–Trinajstić information content (AvgIpc) is 3.30. The van der Waals surface area contributed by atoms with Crippen LogP contribution >= 0.6 is 0 Å². The second-order valence-corrected chi connectivity index (χ2v) is 7.19. The van der Waals surface area contributed by atoms with Crippen molar-refractivity contribution in [2.75, 3.05) is 12.3 Å². The quantitative estimate of drug-likeness (QED) is 0.477. The maximum Gasteiger partial charge on any atom is 0.407 e. The summed E-state index contributed by atoms with van der Waals surface area (Å²) in [5.41, 5.74) is 10.7. The number of rotatable bonds is 7. The van der Waals surface area contributed by atoms with E-state index >= 15 is 0 Å². The third-order valence-electron chi connectivity index (χ3n) is 5.28. The first-order valence-corrected chi connectivity index (χ1v) is 9.66. The Morgan fingerprint density at radius 1 is 1.13 bits per heavy atom. The van der Waals surface area contributed by atoms with Crippen molar-refractivity contribution in [2.24, 2.45) is 0 Å². The number of nitrogen functional groups attached to an aromatic ring is 1. The normalized spacial score (nSPS) is 13.3. The van der Waals surface area contributed by atoms with Gasteiger partial charge in [0.25, 0.3) is 0 Å². The van der Waals surface area contributed by atoms with Gasteiger partial charge >= 0.3 is 12.1 Å². The van der Waals surface area contributed by atoms with Crippen molar-refractivity contribution in [1.29, 1.82) is 0 Å². The lowest BCUT2D eigenvalue weighted by molar-refractivity contribution is -0.139. The number of imidazole rings is 1. The third-order valence-corrected chi connectivity index (χ3v) is 5.28. The zero-order valence-electron chi connectivity index (χ0n) is 16.2. The zero-order chi connectivity index (χ0) is 21.1. The highest BCUT2D eigenvalue weighted by Crippen LogP contribution is 2.44. The molecule has 1 amide bonds. The molecular formula is C22H22N4O4. The van der Waals surface area contributed by atoms with E-state index in [-0.39, 0.29) is 24.9 Å². The summed E-state index contributed by atoms with van der Waals surface area (Å²) in [7, 11) is 0. The van der Waals surface area contributed by atoms with Crippen LogP contribution in [0.1, 0.15) is 29.2 Å². The SMILES string of the molecule is Nc1ncc(CC[C@H](NC(=O)OCC2c3ccccc3-c3ccccc32)C(=O)O)[nH]1. The van der Waals surface area contributed by atoms with E-state index in [1.165, 1.54) is 0 Å². The van der Waals surface area contributed by atoms with Crippen LogP contribution < -0.4 is 11.1 Å². The molecule has 0 fully saturated rings. The Hall–Kier alpha value is -3.81. The van der Waals surface area contributed by atoms with Crippen molar-refractivity contribution in [2.45, 2.75) is 24.8 Å². The van der Waals surface area contributed by atoms with E-state index in [0.29, 0.717) is 12.1 Å². The van der Waals surface area contributed by atoms with Crippen LogP contribution in [0.3, 0.4) is 0 Å². The first kappa shape index (κ1) is 19.5. The lowest BCUT2D eigenvalue weighted by Crippen LogP contribution is -2.41. The predicted octanol–water partition coefficient (Wildman–Crippen LogP) is 2.92. The number of carbonyl (C=O) groups is 2. The van der Waals surface area contributed by atoms with Gasteiger partial charge < -0.3 is 25.9 Å². The zero-order valence-corrected chi connectivity index (χ0v) is 16.2. The minimum Gasteiger partial charge on any atom is -0.480 e. The lowest BCUT2D eigenvalue weighted by Gasteiger charge is -2.17. The molecule has 30 heavy (non-hydrogen) atoms. The third kappa shape index (κ3) is 3.98. The number of aromatic nitrogens is 2. The molecule has 8 heteroatoms. The number of nitrogens with two attached hydrogens (primary N) is 1. The Labute approximate surface area is 173 Å². The van der Waals surface area contributed by atoms with Gasteiger partial charge in [-0.25, -0.2) is 14.6 Å². The van der Waals surface area contributed by atoms with E-state index in [4.69, 9.17) is 10.5 Å². The Bertz CT molecular complexity index is 1030. The molecule has 4 rings (SSSR count). The summed E-state index contributed by atoms with van der Waals surface area (Å²) in [5, 5.41) is 11.9. The molecule has 1 atom stereocenters. The van der Waals surface area contributed by atoms with Gasteiger partial charge in [-0.1, -0.05) is 48.5 Å². The largest absolute Gasteiger partial charge is 0.480 e. The van der Waals surface area contributed by atoms with Crippen LogP contribution in [0.15, 0.2) is 54.7 Å². The van der Waals surface area contributed by atoms with Crippen LogP contribution in [-0.2, 0) is 16.0 Å². The number of nitrogens with one attached hydrogen (secondary N) is 2. The number of nitrogens with zero attached hydrogens (tertiary/aromatic N) is 1. The van der Waals surface area contributed by atoms with Crippen LogP contribution in [0.4, 0.5) is 10.7 Å². The van der Waals surface area contributed by atoms with E-state index in [1.807, 2.05) is 36.4 Å². The number of amides is 1. The van der Waals surface area contributed by atoms with Crippen LogP contribution in [0.5, 0.6) is 0 Å². The summed E-state index contributed by atoms with van der Waals surface area (Å²) in [4.78, 5) is 30.6. The number of hydrogen-bond acceptors (Lipinski definition) is 5. The molecule has 1 aromatic heterocycles. The number of aryl methyl sites for hydroxylation is 1. The summed E-state index contributed by atoms with van der Waals surface area (Å²) < 4.78 is 5.42. The summed E-state index contributed by atoms with van der Waals surface area (Å²) in [5.74, 6) is -0.947. The van der Waals surface area contributed by atoms with Crippen LogP contribution in [0.2, 0.25) is 0 Å². The molecule has 0 bridgehead atoms. The number of ether oxygens (including phenoxy) is 1. The standard InChI is InChI=1S/C22H22N4O4/c23-21-24-11-13(25-21)9-10-19(20(27)28)26-22(29)30-12-18-16-7-3-1-5-14(16)15-6-2-4-8-17(15)18/h1-8,11,18-19H,9-10,12H2,(H,26,29)(H,27,28)(H3,23,24,25)/t19-/m0/s1. The van der Waals surface area contributed by atoms with E-state index in [9.17, 15) is 14.7 Å². The van der Waals surface area contributed by atoms with Gasteiger partial charge in [0.15, 0.2) is 5.95 Å². The molecule has 0 aliphatic heterocycles. The van der Waals surface area contributed by atoms with Crippen molar-refractivity contribution in [1.82, 2.24) is 15.3 Å². The number of aromatic amines is 1. The fraction of sp³-hybridized carbons (Fsp3) is 0.227. The number of hydrogen-bond donors (Lipinski definition) is 4. The number of fused-ring (bicyclic) bond motifs is 3. The molecule has 1 aliphatic rings. The highest BCUT2D eigenvalue weighted by atomic mass is 16.5. The van der Waals surface area contributed by atoms with E-state index in [2.05, 4.69) is 27.4 Å². The number of aliphatic carboxylic acids is 1. The Balaban J connectivity index is 1.38. The van der Waals surface area contributed by atoms with Crippen LogP contribution in [0.25, 0.3) is 11.1 Å². The Morgan fingerprint density at radius 3 is 2.33 bits per heavy atom. The summed E-state index contributed by atoms with van der Waals surface area (Å²) in [6, 6.07) is 15.0. The monoisotopic (exact) mass is 406 g/mol. The van der Waals surface area contributed by atoms with Gasteiger partial charge in [-0.15, -0.1) is 0 Å². The van der Waals surface area contributed by atoms with Crippen molar-refractivity contribution in [3.05, 3.63) is 71.5 Å². The van der Waals surface area contributed by atoms with Gasteiger partial charge in [0.2, 0.25) is 0 Å². The van der Waals surface area contributed by atoms with Gasteiger partial charge in [-0.3, -0.25) is 0 Å². The summed E-state index contributed by atoms with van der Waals surface area (Å²) >= 11 is 0. The Morgan fingerprint density at radius 2 is 1.77 bits per heavy atom. The number of alkyl carbamates (subject to hydrolysis) is 1. The highest BCUT2D eigenvalue weighted by Gasteiger charge is 2.29. The fourth-order valence-electron chi connectivity index (χ4n) is 3.84. The molecule has 8 nitrogen and oxygen atoms in total. The topological polar surface area (TPSA) is 130 Å². The molecule has 0 spiro atoms. The average molecular weight is 406 g/mol. The lowest BCUT2D eigenvalue weighted by atomic mass is 9.98. The van der Waals surface area contributed by atoms with Crippen LogP contribution in [0, 0.1) is 0 Å². The predicted molar refractivity (Wildman–Crippen MR) is 111 cm³/mol. The summed E-state index contributed by atoms with van der Waals surface area (Å²) in [6.45, 7) is 0.128. The highest BCUT2D eigenvalue weighted by molar-refractivity contribution is 5.81. The smallest absolute Gasteiger partial charge is 0.407 e. The maximum absolute atomic E-state index is 12.3. The fourth-order valence-corrected chi connectivity index (χ4v) is 3.84. The van der Waals surface area contributed by atoms with Crippen molar-refractivity contribution < 1.29 is 19.4 Å². The van der Waals surface area contributed by atoms with E-state index in [0.717, 1.165) is 22.3 Å². The second kappa shape index (κ2) is 8.28. The van der Waals surface area contributed by atoms with Crippen molar-refractivity contribution in [3.8, 4) is 11.1 Å². The van der Waals surface area contributed by atoms with Gasteiger partial charge in [-0.2, -0.15) is 0 Å². The summed E-state index contributed by atoms with van der Waals surface area (Å²) in [6.07, 6.45) is 1.35. The molecule has 0 saturated carbocycles. The number of carboxylic acid groups (broad SMARTS) is 1. The molecule has 1 heterocycles. The molecule has 2 aromatic carbocycles. The van der Waals surface area contributed by atoms with E-state index < -0.39 is 18.1 Å². The molecule has 3 aromatic rings. The van der Waals surface area contributed by atoms with Gasteiger partial charge in [0.05, 0.1) is 6.20 Å². The minimum atomic E-state index is -1.13. The number of anilines is 1. The number of H-pyrrole nitrogens is 1. The molecule has 5 N–H and O–H groups in total. The van der Waals surface area contributed by atoms with Crippen molar-refractivity contribution in [3.63, 3.8) is 0 Å². The van der Waals surface area contributed by atoms with Gasteiger partial charge in [0, 0.05) is 11.6 Å².